The molecule has 0 bridgehead atoms. The van der Waals surface area contributed by atoms with Gasteiger partial charge in [0, 0.05) is 12.0 Å². The Kier molecular flexibility index (Phi) is 5.83. The summed E-state index contributed by atoms with van der Waals surface area (Å²) in [4.78, 5) is 0. The van der Waals surface area contributed by atoms with Crippen LogP contribution in [0.3, 0.4) is 0 Å². The minimum absolute atomic E-state index is 0.0577. The van der Waals surface area contributed by atoms with Gasteiger partial charge in [-0.2, -0.15) is 0 Å². The van der Waals surface area contributed by atoms with Crippen LogP contribution in [0.2, 0.25) is 0 Å². The third-order valence-electron chi connectivity index (χ3n) is 4.15. The van der Waals surface area contributed by atoms with Gasteiger partial charge in [0.15, 0.2) is 0 Å². The molecule has 21 heavy (non-hydrogen) atoms. The Labute approximate surface area is 122 Å². The van der Waals surface area contributed by atoms with Crippen molar-refractivity contribution in [3.05, 3.63) is 47.5 Å². The van der Waals surface area contributed by atoms with Crippen LogP contribution in [-0.2, 0) is 0 Å². The van der Waals surface area contributed by atoms with Crippen molar-refractivity contribution in [1.82, 2.24) is 0 Å². The van der Waals surface area contributed by atoms with Crippen molar-refractivity contribution >= 4 is 0 Å². The van der Waals surface area contributed by atoms with E-state index in [2.05, 4.69) is 0 Å². The maximum atomic E-state index is 12.5. The molecule has 0 aliphatic heterocycles. The molecular weight excluding hydrogens is 280 g/mol. The van der Waals surface area contributed by atoms with E-state index in [1.54, 1.807) is 18.2 Å². The number of hydrogen-bond acceptors (Lipinski definition) is 0. The van der Waals surface area contributed by atoms with Gasteiger partial charge in [-0.25, -0.2) is 17.6 Å². The van der Waals surface area contributed by atoms with Gasteiger partial charge in [0.25, 0.3) is 6.43 Å². The number of alkyl halides is 4. The highest BCUT2D eigenvalue weighted by Crippen LogP contribution is 2.36. The molecule has 0 N–H and O–H groups in total. The van der Waals surface area contributed by atoms with Crippen molar-refractivity contribution in [3.8, 4) is 0 Å². The van der Waals surface area contributed by atoms with E-state index >= 15 is 0 Å². The molecule has 0 radical (unpaired) electrons. The van der Waals surface area contributed by atoms with E-state index in [1.807, 2.05) is 6.08 Å². The smallest absolute Gasteiger partial charge is 0.210 e. The summed E-state index contributed by atoms with van der Waals surface area (Å²) in [6.07, 6.45) is 2.53. The molecule has 1 aliphatic carbocycles. The lowest BCUT2D eigenvalue weighted by Gasteiger charge is -2.27. The molecule has 0 saturated heterocycles. The molecule has 0 unspecified atom stereocenters. The van der Waals surface area contributed by atoms with Crippen LogP contribution in [0.25, 0.3) is 0 Å². The molecule has 1 aromatic rings. The Morgan fingerprint density at radius 1 is 0.952 bits per heavy atom. The first-order valence-electron chi connectivity index (χ1n) is 7.39. The van der Waals surface area contributed by atoms with Gasteiger partial charge < -0.3 is 0 Å². The predicted molar refractivity (Wildman–Crippen MR) is 75.9 cm³/mol. The maximum absolute atomic E-state index is 12.5. The van der Waals surface area contributed by atoms with Gasteiger partial charge in [-0.15, -0.1) is 0 Å². The third-order valence-corrected chi connectivity index (χ3v) is 4.15. The Morgan fingerprint density at radius 2 is 1.57 bits per heavy atom. The largest absolute Gasteiger partial charge is 0.263 e. The highest BCUT2D eigenvalue weighted by molar-refractivity contribution is 5.26. The summed E-state index contributed by atoms with van der Waals surface area (Å²) in [5.41, 5.74) is 1.16. The molecule has 0 atom stereocenters. The molecular formula is C17H20F4. The van der Waals surface area contributed by atoms with Gasteiger partial charge in [0.1, 0.15) is 0 Å². The zero-order valence-electron chi connectivity index (χ0n) is 11.8. The molecule has 0 spiro atoms. The van der Waals surface area contributed by atoms with Gasteiger partial charge >= 0.3 is 0 Å². The van der Waals surface area contributed by atoms with Crippen LogP contribution in [0.15, 0.2) is 36.4 Å². The van der Waals surface area contributed by atoms with E-state index in [9.17, 15) is 17.6 Å². The van der Waals surface area contributed by atoms with Crippen LogP contribution in [-0.4, -0.2) is 6.43 Å². The fraction of sp³-hybridized carbons (Fsp3) is 0.529. The standard InChI is InChI=1S/C17H20F4/c18-16(19)3-1-2-12-4-6-13(7-5-12)14-8-10-15(11-9-14)17(20)21/h1-2,8-13,16-17H,3-7H2/t12-,13-. The molecule has 1 aliphatic rings. The average Bonchev–Trinajstić information content (AvgIpc) is 2.48. The van der Waals surface area contributed by atoms with Crippen molar-refractivity contribution in [2.45, 2.75) is 50.9 Å². The quantitative estimate of drug-likeness (QED) is 0.454. The molecule has 0 nitrogen and oxygen atoms in total. The van der Waals surface area contributed by atoms with E-state index in [0.717, 1.165) is 31.2 Å². The second kappa shape index (κ2) is 7.62. The Morgan fingerprint density at radius 3 is 2.10 bits per heavy atom. The van der Waals surface area contributed by atoms with Crippen LogP contribution in [0.4, 0.5) is 17.6 Å². The van der Waals surface area contributed by atoms with E-state index < -0.39 is 12.9 Å². The lowest BCUT2D eigenvalue weighted by atomic mass is 9.78. The summed E-state index contributed by atoms with van der Waals surface area (Å²) >= 11 is 0. The van der Waals surface area contributed by atoms with E-state index in [1.165, 1.54) is 12.1 Å². The van der Waals surface area contributed by atoms with Gasteiger partial charge in [0.05, 0.1) is 0 Å². The minimum atomic E-state index is -2.42. The number of rotatable bonds is 5. The highest BCUT2D eigenvalue weighted by Gasteiger charge is 2.21. The van der Waals surface area contributed by atoms with E-state index in [4.69, 9.17) is 0 Å². The summed E-state index contributed by atoms with van der Waals surface area (Å²) in [5, 5.41) is 0. The number of hydrogen-bond donors (Lipinski definition) is 0. The van der Waals surface area contributed by atoms with Gasteiger partial charge in [-0.3, -0.25) is 0 Å². The maximum Gasteiger partial charge on any atom is 0.263 e. The highest BCUT2D eigenvalue weighted by atomic mass is 19.3. The van der Waals surface area contributed by atoms with Crippen LogP contribution in [0.5, 0.6) is 0 Å². The summed E-state index contributed by atoms with van der Waals surface area (Å²) in [6, 6.07) is 6.57. The van der Waals surface area contributed by atoms with Crippen LogP contribution < -0.4 is 0 Å². The van der Waals surface area contributed by atoms with E-state index in [0.29, 0.717) is 11.8 Å². The van der Waals surface area contributed by atoms with E-state index in [-0.39, 0.29) is 12.0 Å². The van der Waals surface area contributed by atoms with Gasteiger partial charge in [-0.05, 0) is 43.1 Å². The molecule has 4 heteroatoms. The normalized spacial score (nSPS) is 23.3. The molecule has 1 fully saturated rings. The lowest BCUT2D eigenvalue weighted by molar-refractivity contribution is 0.151. The molecule has 1 aromatic carbocycles. The summed E-state index contributed by atoms with van der Waals surface area (Å²) in [5.74, 6) is 0.775. The fourth-order valence-electron chi connectivity index (χ4n) is 2.93. The second-order valence-electron chi connectivity index (χ2n) is 5.63. The van der Waals surface area contributed by atoms with Crippen LogP contribution in [0.1, 0.15) is 55.6 Å². The monoisotopic (exact) mass is 300 g/mol. The lowest BCUT2D eigenvalue weighted by Crippen LogP contribution is -2.11. The molecule has 0 heterocycles. The van der Waals surface area contributed by atoms with Crippen LogP contribution in [0, 0.1) is 5.92 Å². The molecule has 1 saturated carbocycles. The average molecular weight is 300 g/mol. The molecule has 2 rings (SSSR count). The Balaban J connectivity index is 1.84. The van der Waals surface area contributed by atoms with Gasteiger partial charge in [0.2, 0.25) is 6.43 Å². The zero-order valence-corrected chi connectivity index (χ0v) is 11.8. The zero-order chi connectivity index (χ0) is 15.2. The van der Waals surface area contributed by atoms with Crippen LogP contribution >= 0.6 is 0 Å². The summed E-state index contributed by atoms with van der Waals surface area (Å²) < 4.78 is 49.1. The SMILES string of the molecule is FC(F)CC=C[C@H]1CC[C@H](c2ccc(C(F)F)cc2)CC1. The molecule has 116 valence electrons. The first kappa shape index (κ1) is 16.1. The van der Waals surface area contributed by atoms with Crippen molar-refractivity contribution in [2.24, 2.45) is 5.92 Å². The molecule has 0 amide bonds. The third kappa shape index (κ3) is 4.87. The first-order valence-corrected chi connectivity index (χ1v) is 7.39. The summed E-state index contributed by atoms with van der Waals surface area (Å²) in [7, 11) is 0. The second-order valence-corrected chi connectivity index (χ2v) is 5.63. The first-order chi connectivity index (χ1) is 10.1. The molecule has 0 aromatic heterocycles. The minimum Gasteiger partial charge on any atom is -0.210 e. The fourth-order valence-corrected chi connectivity index (χ4v) is 2.93. The summed E-state index contributed by atoms with van der Waals surface area (Å²) in [6.45, 7) is 0. The predicted octanol–water partition coefficient (Wildman–Crippen LogP) is 6.11. The number of benzene rings is 1. The number of allylic oxidation sites excluding steroid dienone is 2. The van der Waals surface area contributed by atoms with Crippen molar-refractivity contribution < 1.29 is 17.6 Å². The van der Waals surface area contributed by atoms with Crippen molar-refractivity contribution in [2.75, 3.05) is 0 Å². The van der Waals surface area contributed by atoms with Crippen molar-refractivity contribution in [3.63, 3.8) is 0 Å². The Bertz CT molecular complexity index is 442. The number of halogens is 4. The Hall–Kier alpha value is -1.32. The topological polar surface area (TPSA) is 0 Å². The van der Waals surface area contributed by atoms with Crippen molar-refractivity contribution in [1.29, 1.82) is 0 Å². The van der Waals surface area contributed by atoms with Gasteiger partial charge in [-0.1, -0.05) is 36.4 Å².